The lowest BCUT2D eigenvalue weighted by molar-refractivity contribution is 0.706. The van der Waals surface area contributed by atoms with Crippen molar-refractivity contribution < 1.29 is 0 Å². The second-order valence-corrected chi connectivity index (χ2v) is 4.76. The lowest BCUT2D eigenvalue weighted by Gasteiger charge is -2.05. The Morgan fingerprint density at radius 2 is 1.87 bits per heavy atom. The van der Waals surface area contributed by atoms with Crippen LogP contribution >= 0.6 is 11.8 Å². The monoisotopic (exact) mass is 223 g/mol. The van der Waals surface area contributed by atoms with E-state index in [1.165, 1.54) is 37.1 Å². The number of unbranched alkanes of at least 4 members (excludes halogenated alkanes) is 3. The lowest BCUT2D eigenvalue weighted by Crippen LogP contribution is -1.97. The lowest BCUT2D eigenvalue weighted by atomic mass is 10.2. The molecule has 0 saturated heterocycles. The molecule has 15 heavy (non-hydrogen) atoms. The van der Waals surface area contributed by atoms with Gasteiger partial charge in [-0.1, -0.05) is 44.4 Å². The normalized spacial score (nSPS) is 10.2. The van der Waals surface area contributed by atoms with Crippen molar-refractivity contribution >= 4 is 17.4 Å². The van der Waals surface area contributed by atoms with Crippen molar-refractivity contribution in [1.29, 1.82) is 0 Å². The molecule has 1 nitrogen and oxygen atoms in total. The van der Waals surface area contributed by atoms with Gasteiger partial charge in [0.2, 0.25) is 0 Å². The van der Waals surface area contributed by atoms with Crippen LogP contribution in [0.3, 0.4) is 0 Å². The van der Waals surface area contributed by atoms with E-state index in [0.29, 0.717) is 0 Å². The average molecular weight is 223 g/mol. The van der Waals surface area contributed by atoms with E-state index in [0.717, 1.165) is 5.88 Å². The van der Waals surface area contributed by atoms with Crippen LogP contribution in [0.2, 0.25) is 0 Å². The molecule has 0 unspecified atom stereocenters. The minimum atomic E-state index is 1.02. The second kappa shape index (κ2) is 8.66. The molecule has 1 N–H and O–H groups in total. The van der Waals surface area contributed by atoms with Gasteiger partial charge in [0.15, 0.2) is 0 Å². The van der Waals surface area contributed by atoms with Crippen molar-refractivity contribution in [2.45, 2.75) is 32.6 Å². The third-order valence-electron chi connectivity index (χ3n) is 2.29. The topological polar surface area (TPSA) is 12.0 Å². The molecule has 0 atom stereocenters. The molecule has 84 valence electrons. The number of para-hydroxylation sites is 1. The van der Waals surface area contributed by atoms with Gasteiger partial charge in [-0.25, -0.2) is 0 Å². The molecule has 0 bridgehead atoms. The van der Waals surface area contributed by atoms with Gasteiger partial charge in [-0.15, -0.1) is 11.8 Å². The van der Waals surface area contributed by atoms with Crippen LogP contribution < -0.4 is 5.32 Å². The van der Waals surface area contributed by atoms with Crippen molar-refractivity contribution in [3.8, 4) is 0 Å². The van der Waals surface area contributed by atoms with Crippen LogP contribution in [-0.4, -0.2) is 11.6 Å². The summed E-state index contributed by atoms with van der Waals surface area (Å²) in [5.41, 5.74) is 1.22. The summed E-state index contributed by atoms with van der Waals surface area (Å²) in [6.07, 6.45) is 5.45. The van der Waals surface area contributed by atoms with E-state index < -0.39 is 0 Å². The standard InChI is InChI=1S/C13H21NS/c1-2-3-4-8-11-15-12-14-13-9-6-5-7-10-13/h5-7,9-10,14H,2-4,8,11-12H2,1H3. The Labute approximate surface area is 97.7 Å². The van der Waals surface area contributed by atoms with E-state index in [-0.39, 0.29) is 0 Å². The van der Waals surface area contributed by atoms with E-state index >= 15 is 0 Å². The molecule has 0 fully saturated rings. The molecule has 2 heteroatoms. The summed E-state index contributed by atoms with van der Waals surface area (Å²) in [6.45, 7) is 2.25. The third kappa shape index (κ3) is 6.45. The number of hydrogen-bond donors (Lipinski definition) is 1. The molecule has 0 saturated carbocycles. The Morgan fingerprint density at radius 3 is 2.60 bits per heavy atom. The summed E-state index contributed by atoms with van der Waals surface area (Å²) in [5, 5.41) is 3.40. The van der Waals surface area contributed by atoms with E-state index in [9.17, 15) is 0 Å². The average Bonchev–Trinajstić information content (AvgIpc) is 2.29. The second-order valence-electron chi connectivity index (χ2n) is 3.66. The molecule has 0 spiro atoms. The number of nitrogens with one attached hydrogen (secondary N) is 1. The Bertz CT molecular complexity index is 236. The van der Waals surface area contributed by atoms with E-state index in [2.05, 4.69) is 36.5 Å². The van der Waals surface area contributed by atoms with Crippen molar-refractivity contribution in [3.63, 3.8) is 0 Å². The van der Waals surface area contributed by atoms with E-state index in [1.807, 2.05) is 17.8 Å². The highest BCUT2D eigenvalue weighted by atomic mass is 32.2. The van der Waals surface area contributed by atoms with E-state index in [1.54, 1.807) is 0 Å². The maximum absolute atomic E-state index is 3.40. The molecule has 0 aliphatic rings. The molecule has 1 aromatic rings. The Morgan fingerprint density at radius 1 is 1.07 bits per heavy atom. The summed E-state index contributed by atoms with van der Waals surface area (Å²) in [4.78, 5) is 0. The molecular formula is C13H21NS. The molecule has 0 aliphatic carbocycles. The predicted octanol–water partition coefficient (Wildman–Crippen LogP) is 4.37. The minimum Gasteiger partial charge on any atom is -0.376 e. The summed E-state index contributed by atoms with van der Waals surface area (Å²) in [7, 11) is 0. The van der Waals surface area contributed by atoms with Gasteiger partial charge in [-0.2, -0.15) is 0 Å². The zero-order chi connectivity index (χ0) is 10.8. The maximum Gasteiger partial charge on any atom is 0.0610 e. The van der Waals surface area contributed by atoms with E-state index in [4.69, 9.17) is 0 Å². The number of benzene rings is 1. The van der Waals surface area contributed by atoms with Crippen LogP contribution in [0.1, 0.15) is 32.6 Å². The highest BCUT2D eigenvalue weighted by Gasteiger charge is 1.91. The van der Waals surface area contributed by atoms with Crippen molar-refractivity contribution in [2.75, 3.05) is 16.9 Å². The highest BCUT2D eigenvalue weighted by molar-refractivity contribution is 7.99. The van der Waals surface area contributed by atoms with Gasteiger partial charge in [0.05, 0.1) is 5.88 Å². The Hall–Kier alpha value is -0.630. The van der Waals surface area contributed by atoms with Gasteiger partial charge in [0.1, 0.15) is 0 Å². The first-order valence-electron chi connectivity index (χ1n) is 5.80. The quantitative estimate of drug-likeness (QED) is 0.519. The number of hydrogen-bond acceptors (Lipinski definition) is 2. The molecular weight excluding hydrogens is 202 g/mol. The fourth-order valence-electron chi connectivity index (χ4n) is 1.39. The molecule has 0 aliphatic heterocycles. The van der Waals surface area contributed by atoms with Crippen LogP contribution in [-0.2, 0) is 0 Å². The van der Waals surface area contributed by atoms with Crippen LogP contribution in [0.5, 0.6) is 0 Å². The smallest absolute Gasteiger partial charge is 0.0610 e. The first kappa shape index (κ1) is 12.4. The predicted molar refractivity (Wildman–Crippen MR) is 71.5 cm³/mol. The Balaban J connectivity index is 1.93. The van der Waals surface area contributed by atoms with Gasteiger partial charge < -0.3 is 5.32 Å². The zero-order valence-electron chi connectivity index (χ0n) is 9.54. The van der Waals surface area contributed by atoms with Crippen molar-refractivity contribution in [3.05, 3.63) is 30.3 Å². The van der Waals surface area contributed by atoms with Gasteiger partial charge in [0.25, 0.3) is 0 Å². The van der Waals surface area contributed by atoms with Gasteiger partial charge in [-0.05, 0) is 24.3 Å². The van der Waals surface area contributed by atoms with Crippen molar-refractivity contribution in [2.24, 2.45) is 0 Å². The Kier molecular flexibility index (Phi) is 7.18. The minimum absolute atomic E-state index is 1.02. The number of thioether (sulfide) groups is 1. The van der Waals surface area contributed by atoms with Crippen LogP contribution in [0, 0.1) is 0 Å². The molecule has 0 heterocycles. The first-order chi connectivity index (χ1) is 7.43. The van der Waals surface area contributed by atoms with Crippen LogP contribution in [0.15, 0.2) is 30.3 Å². The zero-order valence-corrected chi connectivity index (χ0v) is 10.4. The molecule has 1 aromatic carbocycles. The highest BCUT2D eigenvalue weighted by Crippen LogP contribution is 2.10. The first-order valence-corrected chi connectivity index (χ1v) is 6.95. The third-order valence-corrected chi connectivity index (χ3v) is 3.22. The SMILES string of the molecule is CCCCCCSCNc1ccccc1. The largest absolute Gasteiger partial charge is 0.376 e. The van der Waals surface area contributed by atoms with Crippen LogP contribution in [0.25, 0.3) is 0 Å². The summed E-state index contributed by atoms with van der Waals surface area (Å²) in [5.74, 6) is 2.30. The fourth-order valence-corrected chi connectivity index (χ4v) is 2.21. The summed E-state index contributed by atoms with van der Waals surface area (Å²) >= 11 is 1.99. The summed E-state index contributed by atoms with van der Waals surface area (Å²) in [6, 6.07) is 10.4. The van der Waals surface area contributed by atoms with Crippen molar-refractivity contribution in [1.82, 2.24) is 0 Å². The molecule has 0 amide bonds. The maximum atomic E-state index is 3.40. The van der Waals surface area contributed by atoms with Gasteiger partial charge >= 0.3 is 0 Å². The van der Waals surface area contributed by atoms with Gasteiger partial charge in [-0.3, -0.25) is 0 Å². The fraction of sp³-hybridized carbons (Fsp3) is 0.538. The van der Waals surface area contributed by atoms with Crippen LogP contribution in [0.4, 0.5) is 5.69 Å². The van der Waals surface area contributed by atoms with Gasteiger partial charge in [0, 0.05) is 5.69 Å². The molecule has 0 radical (unpaired) electrons. The molecule has 1 rings (SSSR count). The number of anilines is 1. The summed E-state index contributed by atoms with van der Waals surface area (Å²) < 4.78 is 0. The number of rotatable bonds is 8. The molecule has 0 aromatic heterocycles.